The molecule has 0 aliphatic carbocycles. The van der Waals surface area contributed by atoms with Crippen LogP contribution in [0.25, 0.3) is 0 Å². The van der Waals surface area contributed by atoms with Crippen molar-refractivity contribution in [3.8, 4) is 0 Å². The zero-order valence-electron chi connectivity index (χ0n) is 20.0. The number of rotatable bonds is 14. The van der Waals surface area contributed by atoms with Gasteiger partial charge in [0.15, 0.2) is 0 Å². The fraction of sp³-hybridized carbons (Fsp3) is 0.864. The quantitative estimate of drug-likeness (QED) is 0.325. The highest BCUT2D eigenvalue weighted by molar-refractivity contribution is 5.75. The van der Waals surface area contributed by atoms with Crippen LogP contribution in [0.2, 0.25) is 0 Å². The lowest BCUT2D eigenvalue weighted by Gasteiger charge is -2.30. The summed E-state index contributed by atoms with van der Waals surface area (Å²) in [5.41, 5.74) is -0.917. The van der Waals surface area contributed by atoms with Gasteiger partial charge in [0.05, 0.1) is 11.2 Å². The lowest BCUT2D eigenvalue weighted by atomic mass is 10.1. The van der Waals surface area contributed by atoms with Gasteiger partial charge in [-0.2, -0.15) is 0 Å². The highest BCUT2D eigenvalue weighted by Crippen LogP contribution is 2.16. The Balaban J connectivity index is 4.39. The number of hydrogen-bond donors (Lipinski definition) is 1. The van der Waals surface area contributed by atoms with Crippen LogP contribution in [-0.2, 0) is 24.1 Å². The molecule has 0 atom stereocenters. The maximum Gasteiger partial charge on any atom is 0.303 e. The Labute approximate surface area is 181 Å². The Hall–Kier alpha value is -1.67. The lowest BCUT2D eigenvalue weighted by molar-refractivity contribution is -0.228. The van der Waals surface area contributed by atoms with Crippen molar-refractivity contribution in [3.63, 3.8) is 0 Å². The minimum Gasteiger partial charge on any atom is -0.481 e. The lowest BCUT2D eigenvalue weighted by Crippen LogP contribution is -2.39. The third-order valence-corrected chi connectivity index (χ3v) is 3.90. The average Bonchev–Trinajstić information content (AvgIpc) is 2.56. The molecule has 0 aromatic rings. The summed E-state index contributed by atoms with van der Waals surface area (Å²) in [5.74, 6) is -1.00. The fourth-order valence-corrected chi connectivity index (χ4v) is 2.69. The molecule has 30 heavy (non-hydrogen) atoms. The summed E-state index contributed by atoms with van der Waals surface area (Å²) >= 11 is 0. The second kappa shape index (κ2) is 13.6. The van der Waals surface area contributed by atoms with Gasteiger partial charge < -0.3 is 5.11 Å². The van der Waals surface area contributed by atoms with Gasteiger partial charge in [0.25, 0.3) is 0 Å². The fourth-order valence-electron chi connectivity index (χ4n) is 2.69. The van der Waals surface area contributed by atoms with Crippen molar-refractivity contribution < 1.29 is 29.2 Å². The molecule has 0 radical (unpaired) electrons. The van der Waals surface area contributed by atoms with Crippen molar-refractivity contribution in [2.75, 3.05) is 13.1 Å². The average molecular weight is 431 g/mol. The minimum absolute atomic E-state index is 0.0717. The number of nitrogens with zero attached hydrogens (tertiary/aromatic N) is 2. The van der Waals surface area contributed by atoms with E-state index in [1.54, 1.807) is 0 Å². The van der Waals surface area contributed by atoms with Crippen molar-refractivity contribution in [1.29, 1.82) is 0 Å². The molecule has 176 valence electrons. The Kier molecular flexibility index (Phi) is 12.8. The second-order valence-corrected chi connectivity index (χ2v) is 9.54. The van der Waals surface area contributed by atoms with E-state index in [0.29, 0.717) is 38.8 Å². The molecule has 2 amide bonds. The van der Waals surface area contributed by atoms with Crippen LogP contribution >= 0.6 is 0 Å². The van der Waals surface area contributed by atoms with Crippen LogP contribution in [0.4, 0.5) is 0 Å². The van der Waals surface area contributed by atoms with E-state index in [1.165, 1.54) is 17.1 Å². The number of aliphatic carboxylic acids is 1. The molecule has 0 aromatic carbocycles. The van der Waals surface area contributed by atoms with Crippen LogP contribution < -0.4 is 0 Å². The molecule has 0 rings (SSSR count). The van der Waals surface area contributed by atoms with Gasteiger partial charge in [-0.1, -0.05) is 12.8 Å². The molecule has 8 nitrogen and oxygen atoms in total. The van der Waals surface area contributed by atoms with Gasteiger partial charge in [-0.25, -0.2) is 10.1 Å². The third-order valence-electron chi connectivity index (χ3n) is 3.90. The third kappa shape index (κ3) is 16.2. The molecule has 0 spiro atoms. The number of carbonyl (C=O) groups is 3. The summed E-state index contributed by atoms with van der Waals surface area (Å²) in [4.78, 5) is 46.3. The van der Waals surface area contributed by atoms with Crippen molar-refractivity contribution in [2.45, 2.75) is 111 Å². The van der Waals surface area contributed by atoms with E-state index < -0.39 is 17.2 Å². The number of amides is 2. The number of carboxylic acid groups (broad SMARTS) is 1. The number of carboxylic acids is 1. The van der Waals surface area contributed by atoms with Gasteiger partial charge in [-0.15, -0.1) is 0 Å². The summed E-state index contributed by atoms with van der Waals surface area (Å²) < 4.78 is 0. The normalized spacial score (nSPS) is 12.0. The van der Waals surface area contributed by atoms with E-state index in [1.807, 2.05) is 41.5 Å². The van der Waals surface area contributed by atoms with Crippen molar-refractivity contribution in [3.05, 3.63) is 0 Å². The highest BCUT2D eigenvalue weighted by Gasteiger charge is 2.22. The number of hydrogen-bond acceptors (Lipinski definition) is 5. The molecule has 0 unspecified atom stereocenters. The molecular formula is C22H42N2O6. The van der Waals surface area contributed by atoms with Gasteiger partial charge in [0, 0.05) is 32.9 Å². The van der Waals surface area contributed by atoms with Gasteiger partial charge in [0.1, 0.15) is 0 Å². The van der Waals surface area contributed by atoms with Crippen LogP contribution in [0.5, 0.6) is 0 Å². The first-order valence-electron chi connectivity index (χ1n) is 10.9. The zero-order chi connectivity index (χ0) is 23.4. The SMILES string of the molecule is CC(=O)N(CCCCCC(=O)N(CCCCCC(=O)O)OC(C)(C)C)OC(C)(C)C. The van der Waals surface area contributed by atoms with Crippen LogP contribution in [0.15, 0.2) is 0 Å². The first-order valence-corrected chi connectivity index (χ1v) is 10.9. The minimum atomic E-state index is -0.801. The van der Waals surface area contributed by atoms with Crippen LogP contribution in [0.1, 0.15) is 99.8 Å². The Morgan fingerprint density at radius 2 is 1.13 bits per heavy atom. The van der Waals surface area contributed by atoms with E-state index in [0.717, 1.165) is 19.3 Å². The van der Waals surface area contributed by atoms with E-state index in [2.05, 4.69) is 0 Å². The predicted octanol–water partition coefficient (Wildman–Crippen LogP) is 4.33. The number of carbonyl (C=O) groups excluding carboxylic acids is 2. The smallest absolute Gasteiger partial charge is 0.303 e. The molecule has 0 saturated heterocycles. The summed E-state index contributed by atoms with van der Waals surface area (Å²) in [6.45, 7) is 13.8. The van der Waals surface area contributed by atoms with Gasteiger partial charge in [0.2, 0.25) is 11.8 Å². The number of unbranched alkanes of at least 4 members (excludes halogenated alkanes) is 4. The number of hydroxylamine groups is 4. The van der Waals surface area contributed by atoms with Crippen molar-refractivity contribution >= 4 is 17.8 Å². The van der Waals surface area contributed by atoms with E-state index >= 15 is 0 Å². The Morgan fingerprint density at radius 3 is 1.57 bits per heavy atom. The first kappa shape index (κ1) is 28.3. The molecule has 0 aliphatic heterocycles. The van der Waals surface area contributed by atoms with E-state index in [-0.39, 0.29) is 18.2 Å². The van der Waals surface area contributed by atoms with Crippen LogP contribution in [-0.4, -0.2) is 57.3 Å². The standard InChI is InChI=1S/C22H42N2O6/c1-18(25)23(29-21(2,3)4)16-12-8-10-14-19(26)24(30-22(5,6)7)17-13-9-11-15-20(27)28/h8-17H2,1-7H3,(H,27,28). The summed E-state index contributed by atoms with van der Waals surface area (Å²) in [7, 11) is 0. The molecule has 0 heterocycles. The monoisotopic (exact) mass is 430 g/mol. The van der Waals surface area contributed by atoms with Crippen molar-refractivity contribution in [2.24, 2.45) is 0 Å². The Morgan fingerprint density at radius 1 is 0.700 bits per heavy atom. The topological polar surface area (TPSA) is 96.4 Å². The van der Waals surface area contributed by atoms with Gasteiger partial charge >= 0.3 is 5.97 Å². The molecule has 0 aromatic heterocycles. The van der Waals surface area contributed by atoms with Crippen molar-refractivity contribution in [1.82, 2.24) is 10.1 Å². The summed E-state index contributed by atoms with van der Waals surface area (Å²) in [5, 5.41) is 11.5. The molecule has 0 bridgehead atoms. The molecule has 0 aliphatic rings. The van der Waals surface area contributed by atoms with Gasteiger partial charge in [-0.05, 0) is 67.2 Å². The molecule has 1 N–H and O–H groups in total. The maximum absolute atomic E-state index is 12.6. The second-order valence-electron chi connectivity index (χ2n) is 9.54. The van der Waals surface area contributed by atoms with Gasteiger partial charge in [-0.3, -0.25) is 24.1 Å². The summed E-state index contributed by atoms with van der Waals surface area (Å²) in [6, 6.07) is 0. The van der Waals surface area contributed by atoms with E-state index in [4.69, 9.17) is 14.8 Å². The molecular weight excluding hydrogens is 388 g/mol. The Bertz CT molecular complexity index is 537. The van der Waals surface area contributed by atoms with E-state index in [9.17, 15) is 14.4 Å². The maximum atomic E-state index is 12.6. The summed E-state index contributed by atoms with van der Waals surface area (Å²) in [6.07, 6.45) is 4.78. The molecule has 0 saturated carbocycles. The highest BCUT2D eigenvalue weighted by atomic mass is 16.7. The van der Waals surface area contributed by atoms with Crippen LogP contribution in [0.3, 0.4) is 0 Å². The molecule has 8 heteroatoms. The predicted molar refractivity (Wildman–Crippen MR) is 115 cm³/mol. The molecule has 0 fully saturated rings. The zero-order valence-corrected chi connectivity index (χ0v) is 20.0. The largest absolute Gasteiger partial charge is 0.481 e. The van der Waals surface area contributed by atoms with Crippen LogP contribution in [0, 0.1) is 0 Å². The first-order chi connectivity index (χ1) is 13.7.